The summed E-state index contributed by atoms with van der Waals surface area (Å²) in [5.41, 5.74) is 8.29. The van der Waals surface area contributed by atoms with Crippen LogP contribution in [-0.2, 0) is 0 Å². The molecule has 2 N–H and O–H groups in total. The molecule has 0 aromatic rings. The van der Waals surface area contributed by atoms with Crippen LogP contribution in [0.25, 0.3) is 0 Å². The molecule has 0 aliphatic heterocycles. The Balaban J connectivity index is 3.76. The molecule has 0 aromatic heterocycles. The Hall–Kier alpha value is -0.560. The molecule has 2 atom stereocenters. The molecule has 0 aromatic carbocycles. The summed E-state index contributed by atoms with van der Waals surface area (Å²) in [5, 5.41) is 0. The Labute approximate surface area is 76.3 Å². The zero-order chi connectivity index (χ0) is 9.72. The fraction of sp³-hybridized carbons (Fsp3) is 0.636. The fourth-order valence-electron chi connectivity index (χ4n) is 1.19. The van der Waals surface area contributed by atoms with Gasteiger partial charge in [0.25, 0.3) is 0 Å². The third kappa shape index (κ3) is 5.14. The van der Waals surface area contributed by atoms with Gasteiger partial charge in [0, 0.05) is 6.04 Å². The Kier molecular flexibility index (Phi) is 4.91. The average molecular weight is 167 g/mol. The first-order valence-electron chi connectivity index (χ1n) is 4.48. The lowest BCUT2D eigenvalue weighted by molar-refractivity contribution is 0.510. The van der Waals surface area contributed by atoms with Gasteiger partial charge < -0.3 is 5.73 Å². The topological polar surface area (TPSA) is 26.0 Å². The van der Waals surface area contributed by atoms with Crippen molar-refractivity contribution in [2.75, 3.05) is 0 Å². The molecule has 0 radical (unpaired) electrons. The first kappa shape index (κ1) is 11.4. The van der Waals surface area contributed by atoms with Crippen molar-refractivity contribution in [1.29, 1.82) is 0 Å². The van der Waals surface area contributed by atoms with Crippen LogP contribution in [0, 0.1) is 5.92 Å². The van der Waals surface area contributed by atoms with Gasteiger partial charge in [-0.15, -0.1) is 6.58 Å². The zero-order valence-electron chi connectivity index (χ0n) is 8.56. The molecule has 0 saturated heterocycles. The Bertz CT molecular complexity index is 170. The smallest absolute Gasteiger partial charge is 0.00814 e. The van der Waals surface area contributed by atoms with Crippen LogP contribution in [0.1, 0.15) is 33.6 Å². The normalized spacial score (nSPS) is 15.3. The summed E-state index contributed by atoms with van der Waals surface area (Å²) >= 11 is 0. The van der Waals surface area contributed by atoms with Crippen LogP contribution in [0.4, 0.5) is 0 Å². The quantitative estimate of drug-likeness (QED) is 0.626. The molecule has 0 aliphatic carbocycles. The van der Waals surface area contributed by atoms with Crippen LogP contribution in [0.2, 0.25) is 0 Å². The minimum Gasteiger partial charge on any atom is -0.327 e. The number of nitrogens with two attached hydrogens (primary N) is 1. The number of allylic oxidation sites excluding steroid dienone is 1. The largest absolute Gasteiger partial charge is 0.327 e. The second-order valence-electron chi connectivity index (χ2n) is 3.90. The number of hydrogen-bond donors (Lipinski definition) is 1. The summed E-state index contributed by atoms with van der Waals surface area (Å²) in [6, 6.07) is 0.245. The maximum atomic E-state index is 5.91. The fourth-order valence-corrected chi connectivity index (χ4v) is 1.19. The number of rotatable bonds is 5. The van der Waals surface area contributed by atoms with Gasteiger partial charge in [-0.05, 0) is 32.6 Å². The molecular formula is C11H21N. The standard InChI is InChI=1S/C11H21N/c1-8(2)6-11(12)7-10(5)9(3)4/h10-11H,1,3,6-7,12H2,2,4-5H3. The van der Waals surface area contributed by atoms with Gasteiger partial charge in [0.15, 0.2) is 0 Å². The summed E-state index contributed by atoms with van der Waals surface area (Å²) in [6.07, 6.45) is 1.94. The predicted molar refractivity (Wildman–Crippen MR) is 56.0 cm³/mol. The van der Waals surface area contributed by atoms with Crippen molar-refractivity contribution in [2.24, 2.45) is 11.7 Å². The number of hydrogen-bond acceptors (Lipinski definition) is 1. The van der Waals surface area contributed by atoms with Crippen LogP contribution in [-0.4, -0.2) is 6.04 Å². The molecule has 0 fully saturated rings. The highest BCUT2D eigenvalue weighted by Crippen LogP contribution is 2.16. The highest BCUT2D eigenvalue weighted by molar-refractivity contribution is 4.98. The summed E-state index contributed by atoms with van der Waals surface area (Å²) in [6.45, 7) is 14.0. The lowest BCUT2D eigenvalue weighted by atomic mass is 9.93. The third-order valence-corrected chi connectivity index (χ3v) is 2.11. The zero-order valence-corrected chi connectivity index (χ0v) is 8.56. The van der Waals surface area contributed by atoms with E-state index in [1.807, 2.05) is 6.92 Å². The Morgan fingerprint density at radius 1 is 1.33 bits per heavy atom. The van der Waals surface area contributed by atoms with E-state index in [-0.39, 0.29) is 6.04 Å². The van der Waals surface area contributed by atoms with Crippen LogP contribution in [0.15, 0.2) is 24.3 Å². The molecule has 12 heavy (non-hydrogen) atoms. The van der Waals surface area contributed by atoms with Crippen molar-refractivity contribution in [3.63, 3.8) is 0 Å². The van der Waals surface area contributed by atoms with Crippen molar-refractivity contribution in [3.8, 4) is 0 Å². The highest BCUT2D eigenvalue weighted by Gasteiger charge is 2.09. The maximum Gasteiger partial charge on any atom is 0.00814 e. The molecule has 1 heteroatoms. The van der Waals surface area contributed by atoms with Gasteiger partial charge >= 0.3 is 0 Å². The van der Waals surface area contributed by atoms with E-state index in [4.69, 9.17) is 5.73 Å². The van der Waals surface area contributed by atoms with E-state index in [1.54, 1.807) is 0 Å². The molecular weight excluding hydrogens is 146 g/mol. The summed E-state index contributed by atoms with van der Waals surface area (Å²) < 4.78 is 0. The first-order chi connectivity index (χ1) is 5.43. The van der Waals surface area contributed by atoms with E-state index in [2.05, 4.69) is 27.0 Å². The van der Waals surface area contributed by atoms with Crippen molar-refractivity contribution in [3.05, 3.63) is 24.3 Å². The van der Waals surface area contributed by atoms with E-state index >= 15 is 0 Å². The van der Waals surface area contributed by atoms with Crippen molar-refractivity contribution in [1.82, 2.24) is 0 Å². The van der Waals surface area contributed by atoms with Gasteiger partial charge in [0.1, 0.15) is 0 Å². The van der Waals surface area contributed by atoms with E-state index in [1.165, 1.54) is 5.57 Å². The first-order valence-corrected chi connectivity index (χ1v) is 4.48. The van der Waals surface area contributed by atoms with Crippen molar-refractivity contribution >= 4 is 0 Å². The minimum absolute atomic E-state index is 0.245. The average Bonchev–Trinajstić information content (AvgIpc) is 1.84. The van der Waals surface area contributed by atoms with Gasteiger partial charge in [-0.3, -0.25) is 0 Å². The van der Waals surface area contributed by atoms with Gasteiger partial charge in [-0.25, -0.2) is 0 Å². The van der Waals surface area contributed by atoms with E-state index in [9.17, 15) is 0 Å². The summed E-state index contributed by atoms with van der Waals surface area (Å²) in [4.78, 5) is 0. The molecule has 0 amide bonds. The van der Waals surface area contributed by atoms with Crippen molar-refractivity contribution in [2.45, 2.75) is 39.7 Å². The third-order valence-electron chi connectivity index (χ3n) is 2.11. The maximum absolute atomic E-state index is 5.91. The van der Waals surface area contributed by atoms with Gasteiger partial charge in [-0.2, -0.15) is 0 Å². The molecule has 2 unspecified atom stereocenters. The van der Waals surface area contributed by atoms with Crippen LogP contribution < -0.4 is 5.73 Å². The SMILES string of the molecule is C=C(C)CC(N)CC(C)C(=C)C. The molecule has 0 rings (SSSR count). The Morgan fingerprint density at radius 2 is 1.83 bits per heavy atom. The van der Waals surface area contributed by atoms with Crippen LogP contribution in [0.5, 0.6) is 0 Å². The molecule has 0 saturated carbocycles. The molecule has 70 valence electrons. The summed E-state index contributed by atoms with van der Waals surface area (Å²) in [7, 11) is 0. The van der Waals surface area contributed by atoms with E-state index in [0.717, 1.165) is 18.4 Å². The molecule has 0 heterocycles. The second-order valence-corrected chi connectivity index (χ2v) is 3.90. The molecule has 0 bridgehead atoms. The van der Waals surface area contributed by atoms with Crippen molar-refractivity contribution < 1.29 is 0 Å². The lowest BCUT2D eigenvalue weighted by Crippen LogP contribution is -2.23. The predicted octanol–water partition coefficient (Wildman–Crippen LogP) is 2.88. The van der Waals surface area contributed by atoms with E-state index in [0.29, 0.717) is 5.92 Å². The molecule has 0 spiro atoms. The van der Waals surface area contributed by atoms with Crippen LogP contribution >= 0.6 is 0 Å². The van der Waals surface area contributed by atoms with Gasteiger partial charge in [0.2, 0.25) is 0 Å². The molecule has 1 nitrogen and oxygen atoms in total. The Morgan fingerprint density at radius 3 is 2.17 bits per heavy atom. The van der Waals surface area contributed by atoms with Crippen LogP contribution in [0.3, 0.4) is 0 Å². The molecule has 0 aliphatic rings. The van der Waals surface area contributed by atoms with E-state index < -0.39 is 0 Å². The van der Waals surface area contributed by atoms with Gasteiger partial charge in [-0.1, -0.05) is 24.6 Å². The highest BCUT2D eigenvalue weighted by atomic mass is 14.6. The monoisotopic (exact) mass is 167 g/mol. The minimum atomic E-state index is 0.245. The summed E-state index contributed by atoms with van der Waals surface area (Å²) in [5.74, 6) is 0.527. The second kappa shape index (κ2) is 5.15. The lowest BCUT2D eigenvalue weighted by Gasteiger charge is -2.17. The van der Waals surface area contributed by atoms with Gasteiger partial charge in [0.05, 0.1) is 0 Å².